The van der Waals surface area contributed by atoms with Crippen molar-refractivity contribution in [2.24, 2.45) is 5.73 Å². The van der Waals surface area contributed by atoms with Crippen LogP contribution in [0.3, 0.4) is 0 Å². The van der Waals surface area contributed by atoms with Gasteiger partial charge < -0.3 is 10.3 Å². The van der Waals surface area contributed by atoms with Crippen molar-refractivity contribution in [2.75, 3.05) is 13.1 Å². The zero-order valence-electron chi connectivity index (χ0n) is 11.1. The first kappa shape index (κ1) is 15.7. The predicted molar refractivity (Wildman–Crippen MR) is 78.1 cm³/mol. The van der Waals surface area contributed by atoms with E-state index in [1.807, 2.05) is 19.1 Å². The highest BCUT2D eigenvalue weighted by atomic mass is 35.5. The second kappa shape index (κ2) is 7.94. The molecule has 0 amide bonds. The molecular weight excluding hydrogens is 262 g/mol. The summed E-state index contributed by atoms with van der Waals surface area (Å²) >= 11 is 0. The number of nitrogens with zero attached hydrogens (tertiary/aromatic N) is 2. The SMILES string of the molecule is Cc1cc(CN(CCN)Cc2ccccc2)on1.Cl. The maximum atomic E-state index is 5.65. The van der Waals surface area contributed by atoms with Gasteiger partial charge in [0.2, 0.25) is 0 Å². The first-order chi connectivity index (χ1) is 8.78. The van der Waals surface area contributed by atoms with Gasteiger partial charge in [0, 0.05) is 25.7 Å². The Balaban J connectivity index is 0.00000180. The van der Waals surface area contributed by atoms with Crippen LogP contribution in [0.5, 0.6) is 0 Å². The van der Waals surface area contributed by atoms with Crippen LogP contribution in [0.2, 0.25) is 0 Å². The first-order valence-corrected chi connectivity index (χ1v) is 6.16. The van der Waals surface area contributed by atoms with Gasteiger partial charge in [-0.05, 0) is 12.5 Å². The monoisotopic (exact) mass is 281 g/mol. The lowest BCUT2D eigenvalue weighted by atomic mass is 10.2. The predicted octanol–water partition coefficient (Wildman–Crippen LogP) is 2.37. The van der Waals surface area contributed by atoms with Gasteiger partial charge in [0.1, 0.15) is 0 Å². The van der Waals surface area contributed by atoms with Crippen LogP contribution in [-0.2, 0) is 13.1 Å². The Morgan fingerprint density at radius 1 is 1.21 bits per heavy atom. The molecule has 0 aliphatic rings. The van der Waals surface area contributed by atoms with Crippen molar-refractivity contribution in [3.63, 3.8) is 0 Å². The van der Waals surface area contributed by atoms with E-state index in [1.54, 1.807) is 0 Å². The largest absolute Gasteiger partial charge is 0.360 e. The van der Waals surface area contributed by atoms with Crippen LogP contribution in [0, 0.1) is 6.92 Å². The van der Waals surface area contributed by atoms with E-state index < -0.39 is 0 Å². The van der Waals surface area contributed by atoms with Crippen LogP contribution in [0.15, 0.2) is 40.9 Å². The number of rotatable bonds is 6. The minimum Gasteiger partial charge on any atom is -0.360 e. The highest BCUT2D eigenvalue weighted by Crippen LogP contribution is 2.10. The molecule has 0 saturated heterocycles. The van der Waals surface area contributed by atoms with Gasteiger partial charge in [-0.15, -0.1) is 12.4 Å². The molecule has 0 spiro atoms. The fourth-order valence-electron chi connectivity index (χ4n) is 1.95. The summed E-state index contributed by atoms with van der Waals surface area (Å²) in [5.74, 6) is 0.886. The molecule has 5 heteroatoms. The Bertz CT molecular complexity index is 473. The molecule has 104 valence electrons. The van der Waals surface area contributed by atoms with E-state index >= 15 is 0 Å². The maximum absolute atomic E-state index is 5.65. The second-order valence-corrected chi connectivity index (χ2v) is 4.42. The standard InChI is InChI=1S/C14H19N3O.ClH/c1-12-9-14(18-16-12)11-17(8-7-15)10-13-5-3-2-4-6-13;/h2-6,9H,7-8,10-11,15H2,1H3;1H. The van der Waals surface area contributed by atoms with E-state index in [1.165, 1.54) is 5.56 Å². The molecule has 2 aromatic rings. The van der Waals surface area contributed by atoms with Gasteiger partial charge in [0.25, 0.3) is 0 Å². The molecule has 0 unspecified atom stereocenters. The molecule has 19 heavy (non-hydrogen) atoms. The molecule has 0 fully saturated rings. The summed E-state index contributed by atoms with van der Waals surface area (Å²) in [7, 11) is 0. The van der Waals surface area contributed by atoms with Crippen LogP contribution in [0.1, 0.15) is 17.0 Å². The van der Waals surface area contributed by atoms with E-state index in [4.69, 9.17) is 10.3 Å². The van der Waals surface area contributed by atoms with Crippen LogP contribution < -0.4 is 5.73 Å². The van der Waals surface area contributed by atoms with E-state index in [0.29, 0.717) is 6.54 Å². The Morgan fingerprint density at radius 2 is 1.95 bits per heavy atom. The third-order valence-corrected chi connectivity index (χ3v) is 2.75. The fourth-order valence-corrected chi connectivity index (χ4v) is 1.95. The molecule has 0 saturated carbocycles. The van der Waals surface area contributed by atoms with Crippen LogP contribution in [-0.4, -0.2) is 23.1 Å². The highest BCUT2D eigenvalue weighted by Gasteiger charge is 2.09. The average Bonchev–Trinajstić information content (AvgIpc) is 2.76. The second-order valence-electron chi connectivity index (χ2n) is 4.42. The molecule has 1 aromatic heterocycles. The van der Waals surface area contributed by atoms with E-state index in [0.717, 1.165) is 31.1 Å². The molecule has 0 aliphatic heterocycles. The molecule has 1 aromatic carbocycles. The van der Waals surface area contributed by atoms with Gasteiger partial charge in [-0.1, -0.05) is 35.5 Å². The van der Waals surface area contributed by atoms with Crippen molar-refractivity contribution in [2.45, 2.75) is 20.0 Å². The number of hydrogen-bond acceptors (Lipinski definition) is 4. The van der Waals surface area contributed by atoms with Crippen molar-refractivity contribution in [1.29, 1.82) is 0 Å². The fraction of sp³-hybridized carbons (Fsp3) is 0.357. The Kier molecular flexibility index (Phi) is 6.56. The quantitative estimate of drug-likeness (QED) is 0.883. The van der Waals surface area contributed by atoms with Crippen molar-refractivity contribution >= 4 is 12.4 Å². The van der Waals surface area contributed by atoms with Crippen LogP contribution >= 0.6 is 12.4 Å². The average molecular weight is 282 g/mol. The first-order valence-electron chi connectivity index (χ1n) is 6.16. The van der Waals surface area contributed by atoms with Gasteiger partial charge in [-0.3, -0.25) is 4.90 Å². The lowest BCUT2D eigenvalue weighted by Crippen LogP contribution is -2.28. The molecule has 0 aliphatic carbocycles. The number of halogens is 1. The lowest BCUT2D eigenvalue weighted by molar-refractivity contribution is 0.228. The number of aromatic nitrogens is 1. The summed E-state index contributed by atoms with van der Waals surface area (Å²) in [6, 6.07) is 12.3. The van der Waals surface area contributed by atoms with E-state index in [9.17, 15) is 0 Å². The third-order valence-electron chi connectivity index (χ3n) is 2.75. The summed E-state index contributed by atoms with van der Waals surface area (Å²) in [5.41, 5.74) is 7.85. The van der Waals surface area contributed by atoms with E-state index in [2.05, 4.69) is 34.3 Å². The zero-order chi connectivity index (χ0) is 12.8. The lowest BCUT2D eigenvalue weighted by Gasteiger charge is -2.20. The van der Waals surface area contributed by atoms with Crippen molar-refractivity contribution in [3.05, 3.63) is 53.4 Å². The number of nitrogens with two attached hydrogens (primary N) is 1. The highest BCUT2D eigenvalue weighted by molar-refractivity contribution is 5.85. The molecule has 0 radical (unpaired) electrons. The van der Waals surface area contributed by atoms with Crippen molar-refractivity contribution < 1.29 is 4.52 Å². The molecular formula is C14H20ClN3O. The normalized spacial score (nSPS) is 10.5. The Hall–Kier alpha value is -1.36. The Labute approximate surface area is 120 Å². The third kappa shape index (κ3) is 5.03. The molecule has 0 bridgehead atoms. The molecule has 0 atom stereocenters. The summed E-state index contributed by atoms with van der Waals surface area (Å²) in [6.07, 6.45) is 0. The Morgan fingerprint density at radius 3 is 2.53 bits per heavy atom. The summed E-state index contributed by atoms with van der Waals surface area (Å²) in [6.45, 7) is 5.02. The van der Waals surface area contributed by atoms with Gasteiger partial charge in [0.15, 0.2) is 5.76 Å². The smallest absolute Gasteiger partial charge is 0.150 e. The zero-order valence-corrected chi connectivity index (χ0v) is 11.9. The van der Waals surface area contributed by atoms with Gasteiger partial charge in [-0.25, -0.2) is 0 Å². The van der Waals surface area contributed by atoms with Crippen molar-refractivity contribution in [3.8, 4) is 0 Å². The number of aryl methyl sites for hydroxylation is 1. The van der Waals surface area contributed by atoms with E-state index in [-0.39, 0.29) is 12.4 Å². The van der Waals surface area contributed by atoms with Crippen LogP contribution in [0.25, 0.3) is 0 Å². The van der Waals surface area contributed by atoms with Crippen molar-refractivity contribution in [1.82, 2.24) is 10.1 Å². The number of benzene rings is 1. The molecule has 2 rings (SSSR count). The molecule has 1 heterocycles. The maximum Gasteiger partial charge on any atom is 0.150 e. The van der Waals surface area contributed by atoms with Gasteiger partial charge >= 0.3 is 0 Å². The molecule has 4 nitrogen and oxygen atoms in total. The summed E-state index contributed by atoms with van der Waals surface area (Å²) in [4.78, 5) is 2.26. The summed E-state index contributed by atoms with van der Waals surface area (Å²) in [5, 5.41) is 3.90. The number of hydrogen-bond donors (Lipinski definition) is 1. The minimum absolute atomic E-state index is 0. The van der Waals surface area contributed by atoms with Crippen LogP contribution in [0.4, 0.5) is 0 Å². The minimum atomic E-state index is 0. The van der Waals surface area contributed by atoms with Gasteiger partial charge in [-0.2, -0.15) is 0 Å². The topological polar surface area (TPSA) is 55.3 Å². The molecule has 2 N–H and O–H groups in total. The van der Waals surface area contributed by atoms with Gasteiger partial charge in [0.05, 0.1) is 12.2 Å². The summed E-state index contributed by atoms with van der Waals surface area (Å²) < 4.78 is 5.25.